The minimum absolute atomic E-state index is 0.0647. The lowest BCUT2D eigenvalue weighted by Gasteiger charge is -2.05. The Balaban J connectivity index is 2.40. The monoisotopic (exact) mass is 287 g/mol. The molecular weight excluding hydrogens is 282 g/mol. The summed E-state index contributed by atoms with van der Waals surface area (Å²) in [4.78, 5) is 25.1. The molecule has 20 heavy (non-hydrogen) atoms. The van der Waals surface area contributed by atoms with E-state index in [4.69, 9.17) is 11.6 Å². The second-order valence-electron chi connectivity index (χ2n) is 4.18. The molecule has 0 amide bonds. The van der Waals surface area contributed by atoms with Gasteiger partial charge < -0.3 is 0 Å². The Morgan fingerprint density at radius 3 is 2.40 bits per heavy atom. The van der Waals surface area contributed by atoms with Crippen molar-refractivity contribution in [2.75, 3.05) is 0 Å². The molecular formula is C13H6ClN3O3. The van der Waals surface area contributed by atoms with E-state index >= 15 is 0 Å². The van der Waals surface area contributed by atoms with Crippen LogP contribution in [0.3, 0.4) is 0 Å². The number of nitro benzene ring substituents is 1. The van der Waals surface area contributed by atoms with Crippen molar-refractivity contribution in [1.29, 1.82) is 0 Å². The number of fused-ring (bicyclic) bond motifs is 2. The summed E-state index contributed by atoms with van der Waals surface area (Å²) in [5.41, 5.74) is 1.04. The second-order valence-corrected chi connectivity index (χ2v) is 4.56. The minimum atomic E-state index is -0.497. The van der Waals surface area contributed by atoms with Crippen LogP contribution in [-0.2, 0) is 0 Å². The van der Waals surface area contributed by atoms with Gasteiger partial charge >= 0.3 is 0 Å². The summed E-state index contributed by atoms with van der Waals surface area (Å²) in [6.07, 6.45) is 0. The highest BCUT2D eigenvalue weighted by Gasteiger charge is 2.12. The van der Waals surface area contributed by atoms with Crippen molar-refractivity contribution in [3.05, 3.63) is 56.4 Å². The maximum absolute atomic E-state index is 10.8. The number of halogens is 1. The minimum Gasteiger partial charge on any atom is -0.258 e. The number of benzene rings is 2. The molecule has 0 atom stereocenters. The van der Waals surface area contributed by atoms with Gasteiger partial charge in [0, 0.05) is 22.9 Å². The molecule has 0 N–H and O–H groups in total. The van der Waals surface area contributed by atoms with Crippen LogP contribution < -0.4 is 0 Å². The number of non-ortho nitro benzene ring substituents is 1. The van der Waals surface area contributed by atoms with Gasteiger partial charge in [-0.1, -0.05) is 11.6 Å². The number of pyridine rings is 1. The molecule has 3 rings (SSSR count). The van der Waals surface area contributed by atoms with E-state index in [1.165, 1.54) is 18.2 Å². The topological polar surface area (TPSA) is 85.5 Å². The van der Waals surface area contributed by atoms with Crippen LogP contribution in [-0.4, -0.2) is 9.91 Å². The van der Waals surface area contributed by atoms with Crippen molar-refractivity contribution in [2.45, 2.75) is 0 Å². The van der Waals surface area contributed by atoms with Gasteiger partial charge in [-0.15, -0.1) is 4.91 Å². The van der Waals surface area contributed by atoms with Crippen LogP contribution in [0.4, 0.5) is 11.4 Å². The predicted molar refractivity (Wildman–Crippen MR) is 76.4 cm³/mol. The highest BCUT2D eigenvalue weighted by molar-refractivity contribution is 6.40. The van der Waals surface area contributed by atoms with Gasteiger partial charge in [0.25, 0.3) is 5.69 Å². The summed E-state index contributed by atoms with van der Waals surface area (Å²) in [6, 6.07) is 8.98. The van der Waals surface area contributed by atoms with Gasteiger partial charge in [-0.3, -0.25) is 10.1 Å². The standard InChI is InChI=1S/C13H6ClN3O3/c14-13-9-3-1-7(16-18)5-11(9)15-12-6-8(17(19)20)2-4-10(12)13/h1-6H. The van der Waals surface area contributed by atoms with Crippen LogP contribution >= 0.6 is 11.6 Å². The summed E-state index contributed by atoms with van der Waals surface area (Å²) < 4.78 is 0. The smallest absolute Gasteiger partial charge is 0.258 e. The van der Waals surface area contributed by atoms with Crippen LogP contribution in [0.1, 0.15) is 0 Å². The van der Waals surface area contributed by atoms with Gasteiger partial charge in [0.05, 0.1) is 21.0 Å². The first kappa shape index (κ1) is 12.4. The Hall–Kier alpha value is -2.60. The third-order valence-corrected chi connectivity index (χ3v) is 3.40. The zero-order valence-corrected chi connectivity index (χ0v) is 10.7. The van der Waals surface area contributed by atoms with Crippen LogP contribution in [0.15, 0.2) is 41.6 Å². The Morgan fingerprint density at radius 2 is 1.75 bits per heavy atom. The van der Waals surface area contributed by atoms with Crippen LogP contribution in [0, 0.1) is 15.0 Å². The molecule has 98 valence electrons. The molecule has 0 fully saturated rings. The summed E-state index contributed by atoms with van der Waals surface area (Å²) in [5, 5.41) is 15.3. The molecule has 1 heterocycles. The molecule has 0 spiro atoms. The molecule has 6 nitrogen and oxygen atoms in total. The molecule has 2 aromatic carbocycles. The molecule has 0 saturated heterocycles. The molecule has 0 aliphatic heterocycles. The first-order valence-corrected chi connectivity index (χ1v) is 5.99. The second kappa shape index (κ2) is 4.50. The molecule has 0 saturated carbocycles. The summed E-state index contributed by atoms with van der Waals surface area (Å²) >= 11 is 6.28. The van der Waals surface area contributed by atoms with Crippen LogP contribution in [0.25, 0.3) is 21.8 Å². The molecule has 0 aliphatic rings. The highest BCUT2D eigenvalue weighted by atomic mass is 35.5. The van der Waals surface area contributed by atoms with Crippen molar-refractivity contribution in [2.24, 2.45) is 5.18 Å². The lowest BCUT2D eigenvalue weighted by Crippen LogP contribution is -1.90. The van der Waals surface area contributed by atoms with Gasteiger partial charge in [0.15, 0.2) is 0 Å². The molecule has 0 aliphatic carbocycles. The van der Waals surface area contributed by atoms with Crippen molar-refractivity contribution in [3.63, 3.8) is 0 Å². The highest BCUT2D eigenvalue weighted by Crippen LogP contribution is 2.33. The van der Waals surface area contributed by atoms with Crippen molar-refractivity contribution in [3.8, 4) is 0 Å². The fourth-order valence-corrected chi connectivity index (χ4v) is 2.36. The van der Waals surface area contributed by atoms with E-state index in [1.54, 1.807) is 18.2 Å². The molecule has 0 bridgehead atoms. The normalized spacial score (nSPS) is 10.8. The van der Waals surface area contributed by atoms with Gasteiger partial charge in [-0.25, -0.2) is 4.98 Å². The Kier molecular flexibility index (Phi) is 2.80. The number of rotatable bonds is 2. The van der Waals surface area contributed by atoms with E-state index in [-0.39, 0.29) is 11.4 Å². The van der Waals surface area contributed by atoms with Crippen LogP contribution in [0.5, 0.6) is 0 Å². The van der Waals surface area contributed by atoms with Crippen molar-refractivity contribution >= 4 is 44.8 Å². The number of nitro groups is 1. The van der Waals surface area contributed by atoms with Crippen molar-refractivity contribution in [1.82, 2.24) is 4.98 Å². The molecule has 0 unspecified atom stereocenters. The molecule has 7 heteroatoms. The Bertz CT molecular complexity index is 879. The zero-order valence-electron chi connectivity index (χ0n) is 9.91. The number of aromatic nitrogens is 1. The maximum atomic E-state index is 10.8. The maximum Gasteiger partial charge on any atom is 0.271 e. The lowest BCUT2D eigenvalue weighted by molar-refractivity contribution is -0.384. The lowest BCUT2D eigenvalue weighted by atomic mass is 10.1. The number of hydrogen-bond donors (Lipinski definition) is 0. The van der Waals surface area contributed by atoms with E-state index < -0.39 is 4.92 Å². The fraction of sp³-hybridized carbons (Fsp3) is 0. The summed E-state index contributed by atoms with van der Waals surface area (Å²) in [6.45, 7) is 0. The summed E-state index contributed by atoms with van der Waals surface area (Å²) in [7, 11) is 0. The Labute approximate surface area is 117 Å². The Morgan fingerprint density at radius 1 is 1.10 bits per heavy atom. The summed E-state index contributed by atoms with van der Waals surface area (Å²) in [5.74, 6) is 0. The SMILES string of the molecule is O=Nc1ccc2c(Cl)c3ccc([N+](=O)[O-])cc3nc2c1. The van der Waals surface area contributed by atoms with Gasteiger partial charge in [0.2, 0.25) is 0 Å². The first-order valence-electron chi connectivity index (χ1n) is 5.61. The quantitative estimate of drug-likeness (QED) is 0.303. The van der Waals surface area contributed by atoms with E-state index in [1.807, 2.05) is 0 Å². The molecule has 3 aromatic rings. The zero-order chi connectivity index (χ0) is 14.3. The average molecular weight is 288 g/mol. The van der Waals surface area contributed by atoms with E-state index in [9.17, 15) is 15.0 Å². The third kappa shape index (κ3) is 1.86. The molecule has 1 aromatic heterocycles. The van der Waals surface area contributed by atoms with Gasteiger partial charge in [-0.2, -0.15) is 0 Å². The van der Waals surface area contributed by atoms with E-state index in [0.717, 1.165) is 0 Å². The number of hydrogen-bond acceptors (Lipinski definition) is 5. The van der Waals surface area contributed by atoms with Crippen LogP contribution in [0.2, 0.25) is 5.02 Å². The van der Waals surface area contributed by atoms with Gasteiger partial charge in [-0.05, 0) is 29.4 Å². The first-order chi connectivity index (χ1) is 9.60. The van der Waals surface area contributed by atoms with Crippen molar-refractivity contribution < 1.29 is 4.92 Å². The number of nitrogens with zero attached hydrogens (tertiary/aromatic N) is 3. The predicted octanol–water partition coefficient (Wildman–Crippen LogP) is 4.35. The average Bonchev–Trinajstić information content (AvgIpc) is 2.46. The number of nitroso groups, excluding NO2 is 1. The fourth-order valence-electron chi connectivity index (χ4n) is 2.04. The third-order valence-electron chi connectivity index (χ3n) is 2.99. The van der Waals surface area contributed by atoms with E-state index in [2.05, 4.69) is 10.2 Å². The largest absolute Gasteiger partial charge is 0.271 e. The van der Waals surface area contributed by atoms with Gasteiger partial charge in [0.1, 0.15) is 5.69 Å². The molecule has 0 radical (unpaired) electrons. The van der Waals surface area contributed by atoms with E-state index in [0.29, 0.717) is 26.8 Å².